The van der Waals surface area contributed by atoms with E-state index in [1.54, 1.807) is 0 Å². The van der Waals surface area contributed by atoms with Crippen LogP contribution in [0, 0.1) is 5.82 Å². The third kappa shape index (κ3) is 4.44. The molecule has 3 aromatic rings. The van der Waals surface area contributed by atoms with Crippen LogP contribution in [0.5, 0.6) is 5.75 Å². The Morgan fingerprint density at radius 1 is 1.12 bits per heavy atom. The molecule has 0 aliphatic rings. The molecule has 128 valence electrons. The molecule has 0 atom stereocenters. The summed E-state index contributed by atoms with van der Waals surface area (Å²) in [6.45, 7) is 0.159. The van der Waals surface area contributed by atoms with Gasteiger partial charge in [0.25, 0.3) is 11.5 Å². The minimum absolute atomic E-state index is 0.157. The first-order chi connectivity index (χ1) is 12.1. The van der Waals surface area contributed by atoms with E-state index in [0.717, 1.165) is 10.9 Å². The molecular weight excluding hydrogens is 323 g/mol. The Kier molecular flexibility index (Phi) is 5.09. The fourth-order valence-electron chi connectivity index (χ4n) is 2.45. The van der Waals surface area contributed by atoms with E-state index in [1.807, 2.05) is 30.3 Å². The second-order valence-electron chi connectivity index (χ2n) is 5.55. The van der Waals surface area contributed by atoms with Gasteiger partial charge in [-0.05, 0) is 48.2 Å². The number of carbonyl (C=O) groups excluding carboxylic acids is 1. The van der Waals surface area contributed by atoms with Crippen LogP contribution in [0.2, 0.25) is 0 Å². The minimum Gasteiger partial charge on any atom is -0.484 e. The van der Waals surface area contributed by atoms with Gasteiger partial charge in [0.15, 0.2) is 6.61 Å². The van der Waals surface area contributed by atoms with Crippen LogP contribution in [0.15, 0.2) is 59.4 Å². The van der Waals surface area contributed by atoms with Crippen LogP contribution >= 0.6 is 0 Å². The Morgan fingerprint density at radius 3 is 2.68 bits per heavy atom. The van der Waals surface area contributed by atoms with Gasteiger partial charge >= 0.3 is 0 Å². The molecule has 0 spiro atoms. The van der Waals surface area contributed by atoms with Crippen LogP contribution in [0.1, 0.15) is 5.56 Å². The molecule has 0 saturated carbocycles. The number of aromatic amines is 1. The Morgan fingerprint density at radius 2 is 1.88 bits per heavy atom. The van der Waals surface area contributed by atoms with Crippen molar-refractivity contribution in [2.45, 2.75) is 6.42 Å². The smallest absolute Gasteiger partial charge is 0.257 e. The van der Waals surface area contributed by atoms with Crippen LogP contribution < -0.4 is 15.6 Å². The summed E-state index contributed by atoms with van der Waals surface area (Å²) in [4.78, 5) is 26.6. The molecular formula is C19H17FN2O3. The molecule has 25 heavy (non-hydrogen) atoms. The molecule has 3 rings (SSSR count). The molecule has 2 aromatic carbocycles. The fourth-order valence-corrected chi connectivity index (χ4v) is 2.45. The summed E-state index contributed by atoms with van der Waals surface area (Å²) >= 11 is 0. The quantitative estimate of drug-likeness (QED) is 0.724. The van der Waals surface area contributed by atoms with Crippen molar-refractivity contribution in [3.63, 3.8) is 0 Å². The first-order valence-corrected chi connectivity index (χ1v) is 7.88. The molecule has 0 aliphatic carbocycles. The average molecular weight is 340 g/mol. The van der Waals surface area contributed by atoms with Gasteiger partial charge in [-0.15, -0.1) is 0 Å². The lowest BCUT2D eigenvalue weighted by Gasteiger charge is -2.08. The maximum Gasteiger partial charge on any atom is 0.257 e. The molecule has 1 heterocycles. The summed E-state index contributed by atoms with van der Waals surface area (Å²) < 4.78 is 18.0. The number of carbonyl (C=O) groups is 1. The van der Waals surface area contributed by atoms with Gasteiger partial charge in [-0.1, -0.05) is 18.2 Å². The maximum absolute atomic E-state index is 12.8. The van der Waals surface area contributed by atoms with Gasteiger partial charge in [0.05, 0.1) is 0 Å². The van der Waals surface area contributed by atoms with Crippen molar-refractivity contribution in [1.29, 1.82) is 0 Å². The van der Waals surface area contributed by atoms with E-state index < -0.39 is 0 Å². The highest BCUT2D eigenvalue weighted by molar-refractivity contribution is 5.79. The molecule has 2 N–H and O–H groups in total. The number of rotatable bonds is 6. The lowest BCUT2D eigenvalue weighted by molar-refractivity contribution is -0.123. The van der Waals surface area contributed by atoms with Crippen molar-refractivity contribution in [2.24, 2.45) is 0 Å². The second-order valence-corrected chi connectivity index (χ2v) is 5.55. The molecule has 0 radical (unpaired) electrons. The SMILES string of the molecule is O=C(COc1ccc(F)cc1)NCCc1cc2ccccc2[nH]c1=O. The standard InChI is InChI=1S/C19H17FN2O3/c20-15-5-7-16(8-6-15)25-12-18(23)21-10-9-14-11-13-3-1-2-4-17(13)22-19(14)24/h1-8,11H,9-10,12H2,(H,21,23)(H,22,24). The number of halogens is 1. The highest BCUT2D eigenvalue weighted by atomic mass is 19.1. The number of aromatic nitrogens is 1. The van der Waals surface area contributed by atoms with E-state index >= 15 is 0 Å². The average Bonchev–Trinajstić information content (AvgIpc) is 2.61. The van der Waals surface area contributed by atoms with Crippen LogP contribution in [-0.4, -0.2) is 24.0 Å². The number of H-pyrrole nitrogens is 1. The molecule has 0 fully saturated rings. The first-order valence-electron chi connectivity index (χ1n) is 7.88. The molecule has 0 aliphatic heterocycles. The van der Waals surface area contributed by atoms with Gasteiger partial charge in [-0.25, -0.2) is 4.39 Å². The van der Waals surface area contributed by atoms with E-state index in [9.17, 15) is 14.0 Å². The largest absolute Gasteiger partial charge is 0.484 e. The number of benzene rings is 2. The predicted molar refractivity (Wildman–Crippen MR) is 93.2 cm³/mol. The van der Waals surface area contributed by atoms with Gasteiger partial charge in [-0.2, -0.15) is 0 Å². The lowest BCUT2D eigenvalue weighted by atomic mass is 10.1. The van der Waals surface area contributed by atoms with Gasteiger partial charge < -0.3 is 15.0 Å². The van der Waals surface area contributed by atoms with Gasteiger partial charge in [0.2, 0.25) is 0 Å². The Hall–Kier alpha value is -3.15. The normalized spacial score (nSPS) is 10.6. The Balaban J connectivity index is 1.50. The number of fused-ring (bicyclic) bond motifs is 1. The molecule has 1 aromatic heterocycles. The van der Waals surface area contributed by atoms with E-state index in [2.05, 4.69) is 10.3 Å². The van der Waals surface area contributed by atoms with E-state index in [4.69, 9.17) is 4.74 Å². The van der Waals surface area contributed by atoms with E-state index in [1.165, 1.54) is 24.3 Å². The summed E-state index contributed by atoms with van der Waals surface area (Å²) in [5, 5.41) is 3.64. The predicted octanol–water partition coefficient (Wildman–Crippen LogP) is 2.40. The zero-order valence-corrected chi connectivity index (χ0v) is 13.4. The van der Waals surface area contributed by atoms with Gasteiger partial charge in [-0.3, -0.25) is 9.59 Å². The number of pyridine rings is 1. The monoisotopic (exact) mass is 340 g/mol. The third-order valence-corrected chi connectivity index (χ3v) is 3.73. The van der Waals surface area contributed by atoms with Crippen LogP contribution in [0.3, 0.4) is 0 Å². The van der Waals surface area contributed by atoms with Crippen molar-refractivity contribution in [3.8, 4) is 5.75 Å². The highest BCUT2D eigenvalue weighted by Crippen LogP contribution is 2.11. The number of para-hydroxylation sites is 1. The third-order valence-electron chi connectivity index (χ3n) is 3.73. The van der Waals surface area contributed by atoms with Gasteiger partial charge in [0, 0.05) is 17.6 Å². The zero-order valence-electron chi connectivity index (χ0n) is 13.4. The highest BCUT2D eigenvalue weighted by Gasteiger charge is 2.06. The van der Waals surface area contributed by atoms with Crippen LogP contribution in [-0.2, 0) is 11.2 Å². The summed E-state index contributed by atoms with van der Waals surface area (Å²) in [6.07, 6.45) is 0.419. The molecule has 0 bridgehead atoms. The van der Waals surface area contributed by atoms with Crippen LogP contribution in [0.25, 0.3) is 10.9 Å². The number of ether oxygens (including phenoxy) is 1. The minimum atomic E-state index is -0.364. The van der Waals surface area contributed by atoms with Crippen molar-refractivity contribution in [3.05, 3.63) is 76.3 Å². The van der Waals surface area contributed by atoms with Crippen LogP contribution in [0.4, 0.5) is 4.39 Å². The lowest BCUT2D eigenvalue weighted by Crippen LogP contribution is -2.31. The molecule has 6 heteroatoms. The summed E-state index contributed by atoms with van der Waals surface area (Å²) in [5.74, 6) is -0.249. The molecule has 0 saturated heterocycles. The topological polar surface area (TPSA) is 71.2 Å². The first kappa shape index (κ1) is 16.7. The maximum atomic E-state index is 12.8. The number of nitrogens with one attached hydrogen (secondary N) is 2. The second kappa shape index (κ2) is 7.61. The van der Waals surface area contributed by atoms with Crippen molar-refractivity contribution >= 4 is 16.8 Å². The number of hydrogen-bond acceptors (Lipinski definition) is 3. The van der Waals surface area contributed by atoms with Gasteiger partial charge in [0.1, 0.15) is 11.6 Å². The summed E-state index contributed by atoms with van der Waals surface area (Å²) in [6, 6.07) is 14.8. The Labute approximate surface area is 143 Å². The van der Waals surface area contributed by atoms with Crippen molar-refractivity contribution in [1.82, 2.24) is 10.3 Å². The molecule has 5 nitrogen and oxygen atoms in total. The molecule has 0 unspecified atom stereocenters. The zero-order chi connectivity index (χ0) is 17.6. The number of amides is 1. The van der Waals surface area contributed by atoms with Crippen molar-refractivity contribution < 1.29 is 13.9 Å². The fraction of sp³-hybridized carbons (Fsp3) is 0.158. The molecule has 1 amide bonds. The summed E-state index contributed by atoms with van der Waals surface area (Å²) in [5.41, 5.74) is 1.24. The van der Waals surface area contributed by atoms with E-state index in [0.29, 0.717) is 24.3 Å². The number of hydrogen-bond donors (Lipinski definition) is 2. The van der Waals surface area contributed by atoms with Crippen molar-refractivity contribution in [2.75, 3.05) is 13.2 Å². The Bertz CT molecular complexity index is 935. The summed E-state index contributed by atoms with van der Waals surface area (Å²) in [7, 11) is 0. The van der Waals surface area contributed by atoms with E-state index in [-0.39, 0.29) is 23.9 Å².